The number of halogens is 1. The van der Waals surface area contributed by atoms with Gasteiger partial charge in [0.1, 0.15) is 0 Å². The minimum Gasteiger partial charge on any atom is -0.0843 e. The molecule has 14 heavy (non-hydrogen) atoms. The fraction of sp³-hybridized carbons (Fsp3) is 0.538. The molecule has 0 aliphatic carbocycles. The average Bonchev–Trinajstić information content (AvgIpc) is 2.02. The van der Waals surface area contributed by atoms with E-state index in [4.69, 9.17) is 11.6 Å². The Balaban J connectivity index is 2.70. The molecule has 0 spiro atoms. The molecule has 0 aliphatic rings. The van der Waals surface area contributed by atoms with Gasteiger partial charge < -0.3 is 0 Å². The van der Waals surface area contributed by atoms with Crippen LogP contribution in [0.4, 0.5) is 0 Å². The molecule has 0 N–H and O–H groups in total. The van der Waals surface area contributed by atoms with Gasteiger partial charge in [-0.25, -0.2) is 0 Å². The van der Waals surface area contributed by atoms with Gasteiger partial charge in [0.15, 0.2) is 0 Å². The molecule has 1 heteroatoms. The maximum Gasteiger partial charge on any atom is 0.0406 e. The standard InChI is InChI=1S/C13H19Cl/c1-10(9-13(2,3)4)11-5-7-12(14)8-6-11/h5-8,10H,9H2,1-4H3. The maximum atomic E-state index is 5.85. The average molecular weight is 211 g/mol. The minimum atomic E-state index is 0.388. The molecule has 1 aromatic rings. The van der Waals surface area contributed by atoms with E-state index in [1.165, 1.54) is 12.0 Å². The van der Waals surface area contributed by atoms with E-state index in [9.17, 15) is 0 Å². The molecule has 0 nitrogen and oxygen atoms in total. The van der Waals surface area contributed by atoms with Gasteiger partial charge in [0.2, 0.25) is 0 Å². The summed E-state index contributed by atoms with van der Waals surface area (Å²) in [6.45, 7) is 9.10. The van der Waals surface area contributed by atoms with E-state index >= 15 is 0 Å². The summed E-state index contributed by atoms with van der Waals surface area (Å²) in [5.74, 6) is 0.604. The number of benzene rings is 1. The van der Waals surface area contributed by atoms with E-state index in [-0.39, 0.29) is 0 Å². The Morgan fingerprint density at radius 1 is 1.14 bits per heavy atom. The summed E-state index contributed by atoms with van der Waals surface area (Å²) >= 11 is 5.85. The Morgan fingerprint density at radius 2 is 1.64 bits per heavy atom. The normalized spacial score (nSPS) is 14.1. The van der Waals surface area contributed by atoms with Crippen molar-refractivity contribution in [1.82, 2.24) is 0 Å². The summed E-state index contributed by atoms with van der Waals surface area (Å²) in [6.07, 6.45) is 1.20. The van der Waals surface area contributed by atoms with Crippen molar-refractivity contribution in [3.8, 4) is 0 Å². The topological polar surface area (TPSA) is 0 Å². The molecule has 1 unspecified atom stereocenters. The second kappa shape index (κ2) is 4.35. The Labute approximate surface area is 92.3 Å². The van der Waals surface area contributed by atoms with Crippen LogP contribution in [0.3, 0.4) is 0 Å². The van der Waals surface area contributed by atoms with Gasteiger partial charge in [-0.1, -0.05) is 51.4 Å². The zero-order valence-corrected chi connectivity index (χ0v) is 10.2. The second-order valence-corrected chi connectivity index (χ2v) is 5.65. The molecule has 0 saturated carbocycles. The SMILES string of the molecule is CC(CC(C)(C)C)c1ccc(Cl)cc1. The molecule has 1 atom stereocenters. The summed E-state index contributed by atoms with van der Waals surface area (Å²) in [7, 11) is 0. The third kappa shape index (κ3) is 3.71. The van der Waals surface area contributed by atoms with Crippen LogP contribution in [0.15, 0.2) is 24.3 Å². The lowest BCUT2D eigenvalue weighted by atomic mass is 9.82. The number of rotatable bonds is 2. The molecule has 0 saturated heterocycles. The van der Waals surface area contributed by atoms with Crippen molar-refractivity contribution in [2.45, 2.75) is 40.0 Å². The molecule has 1 rings (SSSR count). The number of hydrogen-bond donors (Lipinski definition) is 0. The van der Waals surface area contributed by atoms with Crippen LogP contribution in [0.1, 0.15) is 45.6 Å². The Morgan fingerprint density at radius 3 is 2.07 bits per heavy atom. The van der Waals surface area contributed by atoms with Crippen LogP contribution in [-0.4, -0.2) is 0 Å². The highest BCUT2D eigenvalue weighted by Crippen LogP contribution is 2.30. The Hall–Kier alpha value is -0.490. The lowest BCUT2D eigenvalue weighted by molar-refractivity contribution is 0.349. The zero-order valence-electron chi connectivity index (χ0n) is 9.47. The van der Waals surface area contributed by atoms with Gasteiger partial charge in [-0.3, -0.25) is 0 Å². The lowest BCUT2D eigenvalue weighted by Gasteiger charge is -2.23. The highest BCUT2D eigenvalue weighted by molar-refractivity contribution is 6.30. The third-order valence-electron chi connectivity index (χ3n) is 2.36. The van der Waals surface area contributed by atoms with Crippen molar-refractivity contribution in [3.05, 3.63) is 34.9 Å². The first kappa shape index (κ1) is 11.6. The number of hydrogen-bond acceptors (Lipinski definition) is 0. The predicted octanol–water partition coefficient (Wildman–Crippen LogP) is 4.88. The van der Waals surface area contributed by atoms with Gasteiger partial charge >= 0.3 is 0 Å². The first-order valence-electron chi connectivity index (χ1n) is 5.14. The van der Waals surface area contributed by atoms with Crippen LogP contribution < -0.4 is 0 Å². The van der Waals surface area contributed by atoms with Gasteiger partial charge in [0.25, 0.3) is 0 Å². The van der Waals surface area contributed by atoms with Crippen molar-refractivity contribution in [2.24, 2.45) is 5.41 Å². The van der Waals surface area contributed by atoms with Crippen molar-refractivity contribution < 1.29 is 0 Å². The molecule has 0 heterocycles. The molecule has 0 amide bonds. The van der Waals surface area contributed by atoms with Gasteiger partial charge in [0.05, 0.1) is 0 Å². The monoisotopic (exact) mass is 210 g/mol. The summed E-state index contributed by atoms with van der Waals surface area (Å²) < 4.78 is 0. The van der Waals surface area contributed by atoms with Gasteiger partial charge in [0, 0.05) is 5.02 Å². The van der Waals surface area contributed by atoms with Crippen LogP contribution in [0.2, 0.25) is 5.02 Å². The van der Waals surface area contributed by atoms with Gasteiger partial charge in [-0.2, -0.15) is 0 Å². The van der Waals surface area contributed by atoms with Crippen LogP contribution in [0, 0.1) is 5.41 Å². The fourth-order valence-corrected chi connectivity index (χ4v) is 1.95. The molecule has 0 bridgehead atoms. The van der Waals surface area contributed by atoms with E-state index in [1.54, 1.807) is 0 Å². The fourth-order valence-electron chi connectivity index (χ4n) is 1.83. The van der Waals surface area contributed by atoms with E-state index in [0.717, 1.165) is 5.02 Å². The van der Waals surface area contributed by atoms with Crippen LogP contribution in [0.5, 0.6) is 0 Å². The summed E-state index contributed by atoms with van der Waals surface area (Å²) in [5, 5.41) is 0.816. The van der Waals surface area contributed by atoms with Gasteiger partial charge in [-0.05, 0) is 35.4 Å². The molecule has 78 valence electrons. The van der Waals surface area contributed by atoms with E-state index in [2.05, 4.69) is 39.8 Å². The largest absolute Gasteiger partial charge is 0.0843 e. The summed E-state index contributed by atoms with van der Waals surface area (Å²) in [4.78, 5) is 0. The minimum absolute atomic E-state index is 0.388. The van der Waals surface area contributed by atoms with Crippen molar-refractivity contribution in [3.63, 3.8) is 0 Å². The van der Waals surface area contributed by atoms with E-state index < -0.39 is 0 Å². The summed E-state index contributed by atoms with van der Waals surface area (Å²) in [5.41, 5.74) is 1.77. The van der Waals surface area contributed by atoms with Crippen LogP contribution >= 0.6 is 11.6 Å². The first-order chi connectivity index (χ1) is 6.38. The Bertz CT molecular complexity index is 279. The highest BCUT2D eigenvalue weighted by atomic mass is 35.5. The lowest BCUT2D eigenvalue weighted by Crippen LogP contribution is -2.09. The van der Waals surface area contributed by atoms with Crippen LogP contribution in [-0.2, 0) is 0 Å². The third-order valence-corrected chi connectivity index (χ3v) is 2.61. The van der Waals surface area contributed by atoms with Crippen molar-refractivity contribution >= 4 is 11.6 Å². The first-order valence-corrected chi connectivity index (χ1v) is 5.52. The summed E-state index contributed by atoms with van der Waals surface area (Å²) in [6, 6.07) is 8.18. The molecule has 0 aromatic heterocycles. The maximum absolute atomic E-state index is 5.85. The van der Waals surface area contributed by atoms with Gasteiger partial charge in [-0.15, -0.1) is 0 Å². The van der Waals surface area contributed by atoms with Crippen molar-refractivity contribution in [2.75, 3.05) is 0 Å². The molecular weight excluding hydrogens is 192 g/mol. The predicted molar refractivity (Wildman–Crippen MR) is 63.9 cm³/mol. The highest BCUT2D eigenvalue weighted by Gasteiger charge is 2.16. The quantitative estimate of drug-likeness (QED) is 0.653. The van der Waals surface area contributed by atoms with E-state index in [1.807, 2.05) is 12.1 Å². The molecule has 0 aliphatic heterocycles. The van der Waals surface area contributed by atoms with Crippen LogP contribution in [0.25, 0.3) is 0 Å². The zero-order chi connectivity index (χ0) is 10.8. The molecular formula is C13H19Cl. The molecule has 0 fully saturated rings. The Kier molecular flexibility index (Phi) is 3.60. The smallest absolute Gasteiger partial charge is 0.0406 e. The molecule has 0 radical (unpaired) electrons. The van der Waals surface area contributed by atoms with Crippen molar-refractivity contribution in [1.29, 1.82) is 0 Å². The molecule has 1 aromatic carbocycles. The second-order valence-electron chi connectivity index (χ2n) is 5.22. The van der Waals surface area contributed by atoms with E-state index in [0.29, 0.717) is 11.3 Å².